The van der Waals surface area contributed by atoms with Crippen LogP contribution in [0.5, 0.6) is 0 Å². The maximum atomic E-state index is 12.1. The van der Waals surface area contributed by atoms with Gasteiger partial charge in [0, 0.05) is 15.6 Å². The quantitative estimate of drug-likeness (QED) is 0.836. The van der Waals surface area contributed by atoms with E-state index in [2.05, 4.69) is 10.3 Å². The Hall–Kier alpha value is -1.59. The summed E-state index contributed by atoms with van der Waals surface area (Å²) in [6, 6.07) is 4.85. The topological polar surface area (TPSA) is 68.0 Å². The van der Waals surface area contributed by atoms with E-state index in [-0.39, 0.29) is 5.91 Å². The van der Waals surface area contributed by atoms with E-state index >= 15 is 0 Å². The molecule has 0 saturated heterocycles. The predicted molar refractivity (Wildman–Crippen MR) is 78.0 cm³/mol. The molecule has 0 unspecified atom stereocenters. The summed E-state index contributed by atoms with van der Waals surface area (Å²) in [6.07, 6.45) is 3.22. The van der Waals surface area contributed by atoms with Crippen LogP contribution >= 0.6 is 22.9 Å². The number of amides is 1. The number of nitrogens with two attached hydrogens (primary N) is 1. The van der Waals surface area contributed by atoms with Gasteiger partial charge in [0.15, 0.2) is 5.13 Å². The van der Waals surface area contributed by atoms with Crippen LogP contribution in [-0.4, -0.2) is 10.9 Å². The smallest absolute Gasteiger partial charge is 0.259 e. The molecule has 0 radical (unpaired) electrons. The van der Waals surface area contributed by atoms with Crippen LogP contribution in [0, 0.1) is 0 Å². The van der Waals surface area contributed by atoms with Crippen molar-refractivity contribution in [3.05, 3.63) is 39.4 Å². The van der Waals surface area contributed by atoms with Crippen LogP contribution in [0.3, 0.4) is 0 Å². The molecular weight excluding hydrogens is 282 g/mol. The number of carbonyl (C=O) groups is 1. The Balaban J connectivity index is 1.82. The van der Waals surface area contributed by atoms with Crippen LogP contribution in [0.25, 0.3) is 0 Å². The maximum Gasteiger partial charge on any atom is 0.259 e. The fourth-order valence-corrected chi connectivity index (χ4v) is 3.35. The molecule has 2 aromatic rings. The Kier molecular flexibility index (Phi) is 3.16. The lowest BCUT2D eigenvalue weighted by atomic mass is 10.2. The number of nitrogens with one attached hydrogen (secondary N) is 1. The second-order valence-electron chi connectivity index (χ2n) is 4.43. The average Bonchev–Trinajstić information content (AvgIpc) is 2.92. The summed E-state index contributed by atoms with van der Waals surface area (Å²) in [5, 5.41) is 3.91. The number of aryl methyl sites for hydroxylation is 2. The zero-order valence-electron chi connectivity index (χ0n) is 10.1. The molecule has 6 heteroatoms. The first-order valence-electron chi connectivity index (χ1n) is 5.98. The molecule has 0 atom stereocenters. The second kappa shape index (κ2) is 4.83. The number of fused-ring (bicyclic) bond motifs is 1. The summed E-state index contributed by atoms with van der Waals surface area (Å²) < 4.78 is 0. The van der Waals surface area contributed by atoms with Crippen LogP contribution in [0.4, 0.5) is 10.8 Å². The van der Waals surface area contributed by atoms with Crippen molar-refractivity contribution in [1.29, 1.82) is 0 Å². The van der Waals surface area contributed by atoms with Gasteiger partial charge in [-0.05, 0) is 37.5 Å². The lowest BCUT2D eigenvalue weighted by Gasteiger charge is -2.05. The molecule has 98 valence electrons. The lowest BCUT2D eigenvalue weighted by Crippen LogP contribution is -2.14. The number of hydrogen-bond donors (Lipinski definition) is 2. The van der Waals surface area contributed by atoms with Crippen molar-refractivity contribution < 1.29 is 4.79 Å². The van der Waals surface area contributed by atoms with E-state index < -0.39 is 0 Å². The molecule has 3 rings (SSSR count). The Morgan fingerprint density at radius 2 is 2.26 bits per heavy atom. The third-order valence-corrected chi connectivity index (χ3v) is 4.38. The minimum Gasteiger partial charge on any atom is -0.398 e. The number of anilines is 2. The number of hydrogen-bond acceptors (Lipinski definition) is 4. The number of aromatic nitrogens is 1. The van der Waals surface area contributed by atoms with E-state index in [0.717, 1.165) is 25.0 Å². The lowest BCUT2D eigenvalue weighted by molar-refractivity contribution is 0.102. The zero-order valence-corrected chi connectivity index (χ0v) is 11.6. The fourth-order valence-electron chi connectivity index (χ4n) is 2.13. The molecule has 1 amide bonds. The van der Waals surface area contributed by atoms with Gasteiger partial charge in [0.25, 0.3) is 5.91 Å². The van der Waals surface area contributed by atoms with Crippen LogP contribution in [0.1, 0.15) is 27.3 Å². The number of halogens is 1. The Labute approximate surface area is 119 Å². The van der Waals surface area contributed by atoms with Gasteiger partial charge >= 0.3 is 0 Å². The highest BCUT2D eigenvalue weighted by molar-refractivity contribution is 7.16. The van der Waals surface area contributed by atoms with Gasteiger partial charge in [0.1, 0.15) is 0 Å². The molecule has 1 aliphatic rings. The van der Waals surface area contributed by atoms with Crippen LogP contribution < -0.4 is 11.1 Å². The molecule has 0 saturated carbocycles. The third-order valence-electron chi connectivity index (χ3n) is 3.08. The highest BCUT2D eigenvalue weighted by atomic mass is 35.5. The molecule has 1 aromatic heterocycles. The van der Waals surface area contributed by atoms with Crippen molar-refractivity contribution >= 4 is 39.7 Å². The molecule has 0 fully saturated rings. The number of nitrogen functional groups attached to an aromatic ring is 1. The average molecular weight is 294 g/mol. The third kappa shape index (κ3) is 2.43. The van der Waals surface area contributed by atoms with Gasteiger partial charge in [0.05, 0.1) is 11.3 Å². The summed E-state index contributed by atoms with van der Waals surface area (Å²) >= 11 is 7.41. The number of benzene rings is 1. The van der Waals surface area contributed by atoms with Crippen molar-refractivity contribution in [3.63, 3.8) is 0 Å². The minimum atomic E-state index is -0.271. The van der Waals surface area contributed by atoms with Crippen molar-refractivity contribution in [1.82, 2.24) is 4.98 Å². The molecular formula is C13H12ClN3OS. The highest BCUT2D eigenvalue weighted by Crippen LogP contribution is 2.31. The van der Waals surface area contributed by atoms with Gasteiger partial charge in [-0.2, -0.15) is 0 Å². The summed E-state index contributed by atoms with van der Waals surface area (Å²) in [4.78, 5) is 17.8. The van der Waals surface area contributed by atoms with Gasteiger partial charge in [-0.15, -0.1) is 11.3 Å². The van der Waals surface area contributed by atoms with Crippen molar-refractivity contribution in [2.75, 3.05) is 11.1 Å². The standard InChI is InChI=1S/C13H12ClN3OS/c14-7-4-5-9(15)8(6-7)12(18)17-13-16-10-2-1-3-11(10)19-13/h4-6H,1-3,15H2,(H,16,17,18). The van der Waals surface area contributed by atoms with Crippen LogP contribution in [0.15, 0.2) is 18.2 Å². The largest absolute Gasteiger partial charge is 0.398 e. The highest BCUT2D eigenvalue weighted by Gasteiger charge is 2.19. The van der Waals surface area contributed by atoms with Crippen LogP contribution in [-0.2, 0) is 12.8 Å². The molecule has 1 aliphatic carbocycles. The number of thiazole rings is 1. The van der Waals surface area contributed by atoms with Gasteiger partial charge in [-0.1, -0.05) is 11.6 Å². The van der Waals surface area contributed by atoms with Gasteiger partial charge in [0.2, 0.25) is 0 Å². The first-order valence-corrected chi connectivity index (χ1v) is 7.18. The van der Waals surface area contributed by atoms with E-state index in [9.17, 15) is 4.79 Å². The Morgan fingerprint density at radius 1 is 1.42 bits per heavy atom. The van der Waals surface area contributed by atoms with Crippen LogP contribution in [0.2, 0.25) is 5.02 Å². The molecule has 19 heavy (non-hydrogen) atoms. The molecule has 1 heterocycles. The zero-order chi connectivity index (χ0) is 13.4. The first-order chi connectivity index (χ1) is 9.13. The Bertz CT molecular complexity index is 632. The number of nitrogens with zero attached hydrogens (tertiary/aromatic N) is 1. The summed E-state index contributed by atoms with van der Waals surface area (Å²) in [6.45, 7) is 0. The second-order valence-corrected chi connectivity index (χ2v) is 5.95. The molecule has 0 bridgehead atoms. The summed E-state index contributed by atoms with van der Waals surface area (Å²) in [7, 11) is 0. The van der Waals surface area contributed by atoms with E-state index in [4.69, 9.17) is 17.3 Å². The first kappa shape index (κ1) is 12.4. The van der Waals surface area contributed by atoms with Gasteiger partial charge in [-0.25, -0.2) is 4.98 Å². The van der Waals surface area contributed by atoms with Crippen molar-refractivity contribution in [2.45, 2.75) is 19.3 Å². The number of rotatable bonds is 2. The maximum absolute atomic E-state index is 12.1. The molecule has 3 N–H and O–H groups in total. The normalized spacial score (nSPS) is 13.3. The molecule has 0 aliphatic heterocycles. The van der Waals surface area contributed by atoms with E-state index in [1.54, 1.807) is 18.2 Å². The molecule has 1 aromatic carbocycles. The minimum absolute atomic E-state index is 0.271. The summed E-state index contributed by atoms with van der Waals surface area (Å²) in [5.41, 5.74) is 7.68. The molecule has 0 spiro atoms. The SMILES string of the molecule is Nc1ccc(Cl)cc1C(=O)Nc1nc2c(s1)CCC2. The van der Waals surface area contributed by atoms with Gasteiger partial charge in [-0.3, -0.25) is 10.1 Å². The van der Waals surface area contributed by atoms with E-state index in [0.29, 0.717) is 21.4 Å². The van der Waals surface area contributed by atoms with Crippen molar-refractivity contribution in [2.24, 2.45) is 0 Å². The summed E-state index contributed by atoms with van der Waals surface area (Å²) in [5.74, 6) is -0.271. The fraction of sp³-hybridized carbons (Fsp3) is 0.231. The number of carbonyl (C=O) groups excluding carboxylic acids is 1. The Morgan fingerprint density at radius 3 is 3.05 bits per heavy atom. The molecule has 4 nitrogen and oxygen atoms in total. The van der Waals surface area contributed by atoms with Crippen molar-refractivity contribution in [3.8, 4) is 0 Å². The van der Waals surface area contributed by atoms with Gasteiger partial charge < -0.3 is 5.73 Å². The monoisotopic (exact) mass is 293 g/mol. The van der Waals surface area contributed by atoms with E-state index in [1.807, 2.05) is 0 Å². The van der Waals surface area contributed by atoms with E-state index in [1.165, 1.54) is 16.2 Å². The predicted octanol–water partition coefficient (Wildman–Crippen LogP) is 3.12.